The van der Waals surface area contributed by atoms with Crippen LogP contribution in [0.5, 0.6) is 0 Å². The molecule has 160 valence electrons. The molecule has 2 amide bonds. The number of alkyl carbamates (subject to hydrolysis) is 1. The normalized spacial score (nSPS) is 19.8. The first-order valence-electron chi connectivity index (χ1n) is 10.0. The second kappa shape index (κ2) is 12.4. The van der Waals surface area contributed by atoms with E-state index in [2.05, 4.69) is 17.6 Å². The number of hydrogen-bond acceptors (Lipinski definition) is 5. The number of carbonyl (C=O) groups excluding carboxylic acids is 2. The molecule has 2 rings (SSSR count). The van der Waals surface area contributed by atoms with Gasteiger partial charge in [0.1, 0.15) is 12.6 Å². The van der Waals surface area contributed by atoms with E-state index in [9.17, 15) is 19.5 Å². The van der Waals surface area contributed by atoms with E-state index in [1.165, 1.54) is 18.2 Å². The zero-order valence-electron chi connectivity index (χ0n) is 16.8. The molecule has 0 aromatic heterocycles. The van der Waals surface area contributed by atoms with Gasteiger partial charge < -0.3 is 20.5 Å². The maximum atomic E-state index is 12.1. The van der Waals surface area contributed by atoms with Crippen LogP contribution in [0.4, 0.5) is 4.79 Å². The fraction of sp³-hybridized carbons (Fsp3) is 0.571. The average Bonchev–Trinajstić information content (AvgIpc) is 2.71. The Bertz CT molecular complexity index is 670. The summed E-state index contributed by atoms with van der Waals surface area (Å²) in [6.45, 7) is 2.24. The third-order valence-electron chi connectivity index (χ3n) is 5.04. The summed E-state index contributed by atoms with van der Waals surface area (Å²) in [7, 11) is 0. The lowest BCUT2D eigenvalue weighted by molar-refractivity contribution is -0.139. The van der Waals surface area contributed by atoms with Crippen molar-refractivity contribution >= 4 is 29.7 Å². The summed E-state index contributed by atoms with van der Waals surface area (Å²) in [5, 5.41) is 14.8. The van der Waals surface area contributed by atoms with Gasteiger partial charge >= 0.3 is 12.1 Å². The quantitative estimate of drug-likeness (QED) is 0.500. The number of aliphatic carboxylic acids is 1. The van der Waals surface area contributed by atoms with Crippen molar-refractivity contribution in [2.45, 2.75) is 57.7 Å². The van der Waals surface area contributed by atoms with E-state index in [4.69, 9.17) is 4.74 Å². The summed E-state index contributed by atoms with van der Waals surface area (Å²) in [4.78, 5) is 35.3. The van der Waals surface area contributed by atoms with E-state index in [0.717, 1.165) is 24.8 Å². The van der Waals surface area contributed by atoms with Crippen LogP contribution in [0.15, 0.2) is 30.3 Å². The van der Waals surface area contributed by atoms with E-state index in [0.29, 0.717) is 11.7 Å². The fourth-order valence-corrected chi connectivity index (χ4v) is 4.13. The van der Waals surface area contributed by atoms with Gasteiger partial charge in [-0.3, -0.25) is 4.79 Å². The highest BCUT2D eigenvalue weighted by Gasteiger charge is 2.23. The first-order chi connectivity index (χ1) is 14.0. The van der Waals surface area contributed by atoms with Crippen molar-refractivity contribution in [2.24, 2.45) is 5.92 Å². The lowest BCUT2D eigenvalue weighted by Crippen LogP contribution is -2.42. The highest BCUT2D eigenvalue weighted by molar-refractivity contribution is 7.99. The smallest absolute Gasteiger partial charge is 0.408 e. The van der Waals surface area contributed by atoms with Crippen LogP contribution in [0.3, 0.4) is 0 Å². The molecule has 29 heavy (non-hydrogen) atoms. The molecule has 3 atom stereocenters. The number of thioether (sulfide) groups is 1. The van der Waals surface area contributed by atoms with E-state index in [-0.39, 0.29) is 30.7 Å². The van der Waals surface area contributed by atoms with Crippen LogP contribution in [-0.4, -0.2) is 46.7 Å². The van der Waals surface area contributed by atoms with E-state index < -0.39 is 18.1 Å². The number of benzene rings is 1. The average molecular weight is 423 g/mol. The van der Waals surface area contributed by atoms with Gasteiger partial charge in [0.05, 0.1) is 5.75 Å². The molecule has 0 spiro atoms. The predicted octanol–water partition coefficient (Wildman–Crippen LogP) is 3.18. The maximum Gasteiger partial charge on any atom is 0.408 e. The minimum absolute atomic E-state index is 0.0177. The maximum absolute atomic E-state index is 12.1. The number of carboxylic acids is 1. The molecular formula is C21H30N2O5S. The molecule has 0 bridgehead atoms. The minimum Gasteiger partial charge on any atom is -0.480 e. The molecule has 8 heteroatoms. The number of nitrogens with one attached hydrogen (secondary N) is 2. The first-order valence-corrected chi connectivity index (χ1v) is 11.2. The van der Waals surface area contributed by atoms with Crippen LogP contribution in [0.1, 0.15) is 44.6 Å². The van der Waals surface area contributed by atoms with Gasteiger partial charge in [-0.2, -0.15) is 11.8 Å². The molecule has 7 nitrogen and oxygen atoms in total. The summed E-state index contributed by atoms with van der Waals surface area (Å²) in [6.07, 6.45) is 3.98. The Hall–Kier alpha value is -2.22. The van der Waals surface area contributed by atoms with Gasteiger partial charge in [0.15, 0.2) is 0 Å². The number of hydrogen-bond donors (Lipinski definition) is 3. The highest BCUT2D eigenvalue weighted by atomic mass is 32.2. The van der Waals surface area contributed by atoms with E-state index >= 15 is 0 Å². The third kappa shape index (κ3) is 8.77. The molecule has 1 aliphatic carbocycles. The molecule has 1 aliphatic rings. The van der Waals surface area contributed by atoms with Crippen molar-refractivity contribution in [3.05, 3.63) is 35.9 Å². The van der Waals surface area contributed by atoms with E-state index in [1.807, 2.05) is 30.3 Å². The first kappa shape index (κ1) is 23.1. The minimum atomic E-state index is -1.12. The predicted molar refractivity (Wildman–Crippen MR) is 113 cm³/mol. The Balaban J connectivity index is 1.64. The molecule has 0 aliphatic heterocycles. The summed E-state index contributed by atoms with van der Waals surface area (Å²) in [5.41, 5.74) is 0.823. The summed E-state index contributed by atoms with van der Waals surface area (Å²) < 4.78 is 5.06. The summed E-state index contributed by atoms with van der Waals surface area (Å²) in [6, 6.07) is 8.35. The molecule has 1 aromatic rings. The Morgan fingerprint density at radius 2 is 1.93 bits per heavy atom. The van der Waals surface area contributed by atoms with Crippen LogP contribution >= 0.6 is 11.8 Å². The van der Waals surface area contributed by atoms with Gasteiger partial charge in [0.2, 0.25) is 5.91 Å². The SMILES string of the molecule is CC1CCCCC1NC(=O)CSCCC(NC(=O)OCc1ccccc1)C(=O)O. The largest absolute Gasteiger partial charge is 0.480 e. The molecule has 3 unspecified atom stereocenters. The van der Waals surface area contributed by atoms with Gasteiger partial charge in [-0.15, -0.1) is 0 Å². The lowest BCUT2D eigenvalue weighted by Gasteiger charge is -2.29. The second-order valence-electron chi connectivity index (χ2n) is 7.37. The van der Waals surface area contributed by atoms with Gasteiger partial charge in [0, 0.05) is 6.04 Å². The summed E-state index contributed by atoms with van der Waals surface area (Å²) >= 11 is 1.37. The van der Waals surface area contributed by atoms with Crippen LogP contribution in [-0.2, 0) is 20.9 Å². The zero-order chi connectivity index (χ0) is 21.1. The van der Waals surface area contributed by atoms with Gasteiger partial charge in [-0.1, -0.05) is 50.1 Å². The molecule has 1 saturated carbocycles. The summed E-state index contributed by atoms with van der Waals surface area (Å²) in [5.74, 6) is 0.0937. The van der Waals surface area contributed by atoms with Crippen LogP contribution in [0, 0.1) is 5.92 Å². The molecule has 0 saturated heterocycles. The van der Waals surface area contributed by atoms with Crippen molar-refractivity contribution in [1.82, 2.24) is 10.6 Å². The molecular weight excluding hydrogens is 392 g/mol. The monoisotopic (exact) mass is 422 g/mol. The Morgan fingerprint density at radius 3 is 2.62 bits per heavy atom. The second-order valence-corrected chi connectivity index (χ2v) is 8.48. The molecule has 0 radical (unpaired) electrons. The number of ether oxygens (including phenoxy) is 1. The van der Waals surface area contributed by atoms with E-state index in [1.54, 1.807) is 0 Å². The van der Waals surface area contributed by atoms with Crippen molar-refractivity contribution in [1.29, 1.82) is 0 Å². The number of amides is 2. The Kier molecular flexibility index (Phi) is 9.83. The standard InChI is InChI=1S/C21H30N2O5S/c1-15-7-5-6-10-17(15)22-19(24)14-29-12-11-18(20(25)26)23-21(27)28-13-16-8-3-2-4-9-16/h2-4,8-9,15,17-18H,5-7,10-14H2,1H3,(H,22,24)(H,23,27)(H,25,26). The van der Waals surface area contributed by atoms with Gasteiger partial charge in [-0.05, 0) is 36.5 Å². The lowest BCUT2D eigenvalue weighted by atomic mass is 9.86. The van der Waals surface area contributed by atoms with Crippen molar-refractivity contribution in [3.63, 3.8) is 0 Å². The van der Waals surface area contributed by atoms with Crippen LogP contribution in [0.25, 0.3) is 0 Å². The zero-order valence-corrected chi connectivity index (χ0v) is 17.6. The Labute approximate surface area is 176 Å². The molecule has 3 N–H and O–H groups in total. The number of carbonyl (C=O) groups is 3. The number of carboxylic acid groups (broad SMARTS) is 1. The van der Waals surface area contributed by atoms with Crippen molar-refractivity contribution in [2.75, 3.05) is 11.5 Å². The van der Waals surface area contributed by atoms with Crippen molar-refractivity contribution < 1.29 is 24.2 Å². The fourth-order valence-electron chi connectivity index (χ4n) is 3.31. The van der Waals surface area contributed by atoms with Crippen LogP contribution in [0.2, 0.25) is 0 Å². The Morgan fingerprint density at radius 1 is 1.21 bits per heavy atom. The van der Waals surface area contributed by atoms with Gasteiger partial charge in [-0.25, -0.2) is 9.59 Å². The molecule has 0 heterocycles. The third-order valence-corrected chi connectivity index (χ3v) is 6.04. The highest BCUT2D eigenvalue weighted by Crippen LogP contribution is 2.23. The molecule has 1 fully saturated rings. The van der Waals surface area contributed by atoms with Gasteiger partial charge in [0.25, 0.3) is 0 Å². The van der Waals surface area contributed by atoms with Crippen molar-refractivity contribution in [3.8, 4) is 0 Å². The van der Waals surface area contributed by atoms with Crippen LogP contribution < -0.4 is 10.6 Å². The molecule has 1 aromatic carbocycles. The number of rotatable bonds is 10. The topological polar surface area (TPSA) is 105 Å².